The SMILES string of the molecule is CN(Cc1ccsc1)C(=O)[C@@H]1[C@@H]2C=C[C@@]3(CN(Cc4cccnc4)C(=O)[C@H]13)O2. The highest BCUT2D eigenvalue weighted by Crippen LogP contribution is 2.52. The van der Waals surface area contributed by atoms with Gasteiger partial charge in [0.15, 0.2) is 0 Å². The second-order valence-corrected chi connectivity index (χ2v) is 8.56. The van der Waals surface area contributed by atoms with Crippen LogP contribution in [0.4, 0.5) is 0 Å². The first kappa shape index (κ1) is 17.6. The maximum Gasteiger partial charge on any atom is 0.230 e. The number of carbonyl (C=O) groups is 2. The van der Waals surface area contributed by atoms with Gasteiger partial charge in [0.25, 0.3) is 0 Å². The molecule has 2 fully saturated rings. The molecule has 2 saturated heterocycles. The number of nitrogens with zero attached hydrogens (tertiary/aromatic N) is 3. The van der Waals surface area contributed by atoms with E-state index in [1.54, 1.807) is 40.6 Å². The maximum atomic E-state index is 13.3. The predicted octanol–water partition coefficient (Wildman–Crippen LogP) is 2.08. The van der Waals surface area contributed by atoms with E-state index >= 15 is 0 Å². The fourth-order valence-corrected chi connectivity index (χ4v) is 5.35. The van der Waals surface area contributed by atoms with Crippen LogP contribution < -0.4 is 0 Å². The Bertz CT molecular complexity index is 930. The van der Waals surface area contributed by atoms with Crippen molar-refractivity contribution in [3.63, 3.8) is 0 Å². The number of hydrogen-bond donors (Lipinski definition) is 0. The molecule has 0 unspecified atom stereocenters. The van der Waals surface area contributed by atoms with Gasteiger partial charge >= 0.3 is 0 Å². The summed E-state index contributed by atoms with van der Waals surface area (Å²) in [6, 6.07) is 5.84. The van der Waals surface area contributed by atoms with E-state index in [9.17, 15) is 9.59 Å². The van der Waals surface area contributed by atoms with E-state index in [4.69, 9.17) is 4.74 Å². The van der Waals surface area contributed by atoms with Gasteiger partial charge in [-0.1, -0.05) is 18.2 Å². The highest BCUT2D eigenvalue weighted by atomic mass is 32.1. The number of carbonyl (C=O) groups excluding carboxylic acids is 2. The lowest BCUT2D eigenvalue weighted by Crippen LogP contribution is -2.44. The summed E-state index contributed by atoms with van der Waals surface area (Å²) in [6.07, 6.45) is 7.12. The molecule has 3 aliphatic rings. The molecule has 2 aromatic heterocycles. The molecule has 6 nitrogen and oxygen atoms in total. The van der Waals surface area contributed by atoms with Crippen molar-refractivity contribution in [1.82, 2.24) is 14.8 Å². The molecule has 0 aromatic carbocycles. The molecule has 2 bridgehead atoms. The van der Waals surface area contributed by atoms with Crippen LogP contribution in [0, 0.1) is 11.8 Å². The van der Waals surface area contributed by atoms with Gasteiger partial charge in [-0.2, -0.15) is 11.3 Å². The highest BCUT2D eigenvalue weighted by molar-refractivity contribution is 7.07. The Morgan fingerprint density at radius 2 is 2.32 bits per heavy atom. The summed E-state index contributed by atoms with van der Waals surface area (Å²) in [6.45, 7) is 1.51. The van der Waals surface area contributed by atoms with Gasteiger partial charge in [0.05, 0.1) is 24.5 Å². The third kappa shape index (κ3) is 2.69. The molecule has 1 spiro atoms. The molecule has 0 N–H and O–H groups in total. The third-order valence-corrected chi connectivity index (χ3v) is 6.67. The maximum absolute atomic E-state index is 13.3. The zero-order valence-electron chi connectivity index (χ0n) is 15.5. The first-order valence-corrected chi connectivity index (χ1v) is 10.3. The number of rotatable bonds is 5. The van der Waals surface area contributed by atoms with Crippen molar-refractivity contribution < 1.29 is 14.3 Å². The predicted molar refractivity (Wildman–Crippen MR) is 104 cm³/mol. The molecule has 2 aromatic rings. The Morgan fingerprint density at radius 3 is 3.07 bits per heavy atom. The molecule has 0 radical (unpaired) electrons. The van der Waals surface area contributed by atoms with Gasteiger partial charge in [-0.05, 0) is 34.0 Å². The minimum atomic E-state index is -0.673. The van der Waals surface area contributed by atoms with E-state index in [1.165, 1.54) is 0 Å². The van der Waals surface area contributed by atoms with Crippen LogP contribution in [0.1, 0.15) is 11.1 Å². The van der Waals surface area contributed by atoms with Crippen molar-refractivity contribution in [2.75, 3.05) is 13.6 Å². The van der Waals surface area contributed by atoms with Crippen molar-refractivity contribution >= 4 is 23.2 Å². The molecule has 0 aliphatic carbocycles. The monoisotopic (exact) mass is 395 g/mol. The number of pyridine rings is 1. The number of thiophene rings is 1. The first-order valence-electron chi connectivity index (χ1n) is 9.38. The second kappa shape index (κ2) is 6.53. The molecule has 7 heteroatoms. The molecular formula is C21H21N3O3S. The number of hydrogen-bond acceptors (Lipinski definition) is 5. The molecule has 5 heterocycles. The first-order chi connectivity index (χ1) is 13.6. The number of aromatic nitrogens is 1. The molecule has 144 valence electrons. The zero-order valence-corrected chi connectivity index (χ0v) is 16.3. The Labute approximate surface area is 167 Å². The Kier molecular flexibility index (Phi) is 4.10. The lowest BCUT2D eigenvalue weighted by Gasteiger charge is -2.27. The van der Waals surface area contributed by atoms with Crippen LogP contribution in [0.15, 0.2) is 53.5 Å². The van der Waals surface area contributed by atoms with Crippen molar-refractivity contribution in [2.24, 2.45) is 11.8 Å². The minimum Gasteiger partial charge on any atom is -0.360 e. The quantitative estimate of drug-likeness (QED) is 0.728. The van der Waals surface area contributed by atoms with Gasteiger partial charge in [0, 0.05) is 32.5 Å². The molecule has 0 saturated carbocycles. The van der Waals surface area contributed by atoms with E-state index in [-0.39, 0.29) is 17.9 Å². The normalized spacial score (nSPS) is 30.1. The second-order valence-electron chi connectivity index (χ2n) is 7.78. The van der Waals surface area contributed by atoms with Crippen LogP contribution in [-0.4, -0.2) is 51.9 Å². The van der Waals surface area contributed by atoms with Crippen molar-refractivity contribution in [1.29, 1.82) is 0 Å². The summed E-state index contributed by atoms with van der Waals surface area (Å²) in [7, 11) is 1.80. The average Bonchev–Trinajstić information content (AvgIpc) is 3.45. The average molecular weight is 395 g/mol. The molecule has 4 atom stereocenters. The smallest absolute Gasteiger partial charge is 0.230 e. The summed E-state index contributed by atoms with van der Waals surface area (Å²) in [5, 5.41) is 4.04. The van der Waals surface area contributed by atoms with Crippen LogP contribution in [0.5, 0.6) is 0 Å². The Morgan fingerprint density at radius 1 is 1.43 bits per heavy atom. The van der Waals surface area contributed by atoms with E-state index in [2.05, 4.69) is 4.98 Å². The van der Waals surface area contributed by atoms with Crippen LogP contribution in [0.25, 0.3) is 0 Å². The van der Waals surface area contributed by atoms with E-state index in [0.29, 0.717) is 19.6 Å². The van der Waals surface area contributed by atoms with Crippen LogP contribution >= 0.6 is 11.3 Å². The van der Waals surface area contributed by atoms with Gasteiger partial charge in [-0.25, -0.2) is 0 Å². The van der Waals surface area contributed by atoms with E-state index in [0.717, 1.165) is 11.1 Å². The summed E-state index contributed by atoms with van der Waals surface area (Å²) in [5.41, 5.74) is 1.40. The Hall–Kier alpha value is -2.51. The number of ether oxygens (including phenoxy) is 1. The Balaban J connectivity index is 1.37. The lowest BCUT2D eigenvalue weighted by atomic mass is 9.76. The molecule has 5 rings (SSSR count). The fraction of sp³-hybridized carbons (Fsp3) is 0.381. The van der Waals surface area contributed by atoms with E-state index < -0.39 is 17.4 Å². The van der Waals surface area contributed by atoms with Crippen molar-refractivity contribution in [3.05, 3.63) is 64.6 Å². The summed E-state index contributed by atoms with van der Waals surface area (Å²) < 4.78 is 6.21. The summed E-state index contributed by atoms with van der Waals surface area (Å²) in [4.78, 5) is 34.1. The number of fused-ring (bicyclic) bond motifs is 1. The van der Waals surface area contributed by atoms with Crippen LogP contribution in [-0.2, 0) is 27.4 Å². The van der Waals surface area contributed by atoms with Crippen molar-refractivity contribution in [3.8, 4) is 0 Å². The molecular weight excluding hydrogens is 374 g/mol. The molecule has 28 heavy (non-hydrogen) atoms. The zero-order chi connectivity index (χ0) is 19.3. The van der Waals surface area contributed by atoms with Crippen molar-refractivity contribution in [2.45, 2.75) is 24.8 Å². The number of amides is 2. The largest absolute Gasteiger partial charge is 0.360 e. The van der Waals surface area contributed by atoms with Gasteiger partial charge in [0.2, 0.25) is 11.8 Å². The van der Waals surface area contributed by atoms with Crippen LogP contribution in [0.3, 0.4) is 0 Å². The molecule has 3 aliphatic heterocycles. The topological polar surface area (TPSA) is 62.7 Å². The van der Waals surface area contributed by atoms with Gasteiger partial charge < -0.3 is 14.5 Å². The lowest BCUT2D eigenvalue weighted by molar-refractivity contribution is -0.142. The van der Waals surface area contributed by atoms with Gasteiger partial charge in [-0.3, -0.25) is 14.6 Å². The van der Waals surface area contributed by atoms with Gasteiger partial charge in [-0.15, -0.1) is 0 Å². The van der Waals surface area contributed by atoms with E-state index in [1.807, 2.05) is 41.1 Å². The summed E-state index contributed by atoms with van der Waals surface area (Å²) in [5.74, 6) is -0.932. The highest BCUT2D eigenvalue weighted by Gasteiger charge is 2.67. The van der Waals surface area contributed by atoms with Crippen LogP contribution in [0.2, 0.25) is 0 Å². The summed E-state index contributed by atoms with van der Waals surface area (Å²) >= 11 is 1.61. The fourth-order valence-electron chi connectivity index (χ4n) is 4.69. The third-order valence-electron chi connectivity index (χ3n) is 5.94. The standard InChI is InChI=1S/C21H21N3O3S/c1-23(10-15-5-8-28-12-15)19(25)17-16-4-6-21(27-16)13-24(20(26)18(17)21)11-14-3-2-7-22-9-14/h2-9,12,16-18H,10-11,13H2,1H3/t16-,17+,18-,21-/m0/s1. The molecule has 2 amide bonds. The van der Waals surface area contributed by atoms with Gasteiger partial charge in [0.1, 0.15) is 5.60 Å². The number of likely N-dealkylation sites (tertiary alicyclic amines) is 1. The minimum absolute atomic E-state index is 0.00186.